The predicted molar refractivity (Wildman–Crippen MR) is 131 cm³/mol. The Balaban J connectivity index is 0.00000108. The third-order valence-corrected chi connectivity index (χ3v) is 5.00. The minimum Gasteiger partial charge on any atom is -0.0955 e. The van der Waals surface area contributed by atoms with Crippen molar-refractivity contribution in [2.45, 2.75) is 87.0 Å². The lowest BCUT2D eigenvalue weighted by Crippen LogP contribution is -2.02. The smallest absolute Gasteiger partial charge is 0.0444 e. The molecule has 2 aromatic rings. The first kappa shape index (κ1) is 26.5. The van der Waals surface area contributed by atoms with Gasteiger partial charge in [-0.15, -0.1) is 0 Å². The Hall–Kier alpha value is -1.53. The van der Waals surface area contributed by atoms with Crippen molar-refractivity contribution in [1.29, 1.82) is 0 Å². The van der Waals surface area contributed by atoms with Crippen molar-refractivity contribution in [2.24, 2.45) is 0 Å². The fraction of sp³-hybridized carbons (Fsp3) is 0.481. The molecule has 0 atom stereocenters. The van der Waals surface area contributed by atoms with Crippen LogP contribution in [0.1, 0.15) is 95.0 Å². The molecule has 0 unspecified atom stereocenters. The average Bonchev–Trinajstić information content (AvgIpc) is 2.68. The minimum atomic E-state index is 0.544. The summed E-state index contributed by atoms with van der Waals surface area (Å²) in [6, 6.07) is 12.9. The van der Waals surface area contributed by atoms with Gasteiger partial charge in [0.15, 0.2) is 0 Å². The van der Waals surface area contributed by atoms with Crippen molar-refractivity contribution in [1.82, 2.24) is 0 Å². The van der Waals surface area contributed by atoms with Gasteiger partial charge in [-0.05, 0) is 60.9 Å². The third-order valence-electron chi connectivity index (χ3n) is 4.64. The van der Waals surface area contributed by atoms with Crippen molar-refractivity contribution in [3.8, 4) is 0 Å². The first-order valence-corrected chi connectivity index (χ1v) is 11.2. The molecule has 2 rings (SSSR count). The van der Waals surface area contributed by atoms with E-state index >= 15 is 0 Å². The molecule has 0 radical (unpaired) electrons. The van der Waals surface area contributed by atoms with Gasteiger partial charge in [0, 0.05) is 5.02 Å². The molecular weight excluding hydrogens is 360 g/mol. The fourth-order valence-electron chi connectivity index (χ4n) is 2.99. The Morgan fingerprint density at radius 1 is 1.00 bits per heavy atom. The summed E-state index contributed by atoms with van der Waals surface area (Å²) in [5.41, 5.74) is 7.67. The highest BCUT2D eigenvalue weighted by Crippen LogP contribution is 2.28. The topological polar surface area (TPSA) is 0 Å². The van der Waals surface area contributed by atoms with Crippen LogP contribution in [-0.2, 0) is 12.8 Å². The van der Waals surface area contributed by atoms with Gasteiger partial charge in [0.2, 0.25) is 0 Å². The molecule has 0 saturated carbocycles. The van der Waals surface area contributed by atoms with Crippen LogP contribution in [0, 0.1) is 6.92 Å². The van der Waals surface area contributed by atoms with Crippen molar-refractivity contribution >= 4 is 17.2 Å². The normalized spacial score (nSPS) is 9.93. The van der Waals surface area contributed by atoms with Crippen LogP contribution in [0.5, 0.6) is 0 Å². The second-order valence-corrected chi connectivity index (χ2v) is 7.81. The Labute approximate surface area is 180 Å². The average molecular weight is 401 g/mol. The van der Waals surface area contributed by atoms with Gasteiger partial charge in [-0.3, -0.25) is 0 Å². The largest absolute Gasteiger partial charge is 0.0955 e. The molecule has 0 heterocycles. The molecule has 0 aromatic heterocycles. The Morgan fingerprint density at radius 2 is 1.61 bits per heavy atom. The van der Waals surface area contributed by atoms with Gasteiger partial charge in [-0.25, -0.2) is 0 Å². The van der Waals surface area contributed by atoms with Crippen molar-refractivity contribution in [3.63, 3.8) is 0 Å². The van der Waals surface area contributed by atoms with Gasteiger partial charge >= 0.3 is 0 Å². The molecule has 28 heavy (non-hydrogen) atoms. The lowest BCUT2D eigenvalue weighted by atomic mass is 9.90. The molecule has 0 spiro atoms. The van der Waals surface area contributed by atoms with E-state index in [9.17, 15) is 0 Å². The van der Waals surface area contributed by atoms with Gasteiger partial charge in [0.1, 0.15) is 0 Å². The summed E-state index contributed by atoms with van der Waals surface area (Å²) >= 11 is 6.43. The SMILES string of the molecule is C=C(C)c1cccc(Cl)c1CCc1cc(C)ccc1C(C)C.CC.CCCC. The summed E-state index contributed by atoms with van der Waals surface area (Å²) in [6.45, 7) is 21.1. The van der Waals surface area contributed by atoms with Crippen LogP contribution in [0.2, 0.25) is 5.02 Å². The molecule has 0 N–H and O–H groups in total. The summed E-state index contributed by atoms with van der Waals surface area (Å²) in [7, 11) is 0. The van der Waals surface area contributed by atoms with Crippen molar-refractivity contribution in [2.75, 3.05) is 0 Å². The van der Waals surface area contributed by atoms with Gasteiger partial charge in [-0.1, -0.05) is 114 Å². The molecule has 0 saturated heterocycles. The summed E-state index contributed by atoms with van der Waals surface area (Å²) in [4.78, 5) is 0. The quantitative estimate of drug-likeness (QED) is 0.452. The highest BCUT2D eigenvalue weighted by molar-refractivity contribution is 6.31. The standard InChI is InChI=1S/C21H25Cl.C4H10.C2H6/c1-14(2)18-11-9-16(5)13-17(18)10-12-20-19(15(3)4)7-6-8-21(20)22;1-3-4-2;1-2/h6-9,11,13-14H,3,10,12H2,1-2,4-5H3;3-4H2,1-2H3;1-2H3. The number of rotatable bonds is 6. The Morgan fingerprint density at radius 3 is 2.11 bits per heavy atom. The first-order chi connectivity index (χ1) is 13.3. The number of hydrogen-bond donors (Lipinski definition) is 0. The number of hydrogen-bond acceptors (Lipinski definition) is 0. The zero-order chi connectivity index (χ0) is 21.7. The van der Waals surface area contributed by atoms with Gasteiger partial charge in [-0.2, -0.15) is 0 Å². The highest BCUT2D eigenvalue weighted by atomic mass is 35.5. The fourth-order valence-corrected chi connectivity index (χ4v) is 3.26. The molecule has 0 aliphatic rings. The zero-order valence-corrected chi connectivity index (χ0v) is 20.2. The molecule has 2 aromatic carbocycles. The van der Waals surface area contributed by atoms with Crippen LogP contribution in [0.3, 0.4) is 0 Å². The van der Waals surface area contributed by atoms with Crippen LogP contribution in [0.15, 0.2) is 43.0 Å². The van der Waals surface area contributed by atoms with E-state index in [-0.39, 0.29) is 0 Å². The molecular formula is C27H41Cl. The second kappa shape index (κ2) is 14.5. The Bertz CT molecular complexity index is 708. The highest BCUT2D eigenvalue weighted by Gasteiger charge is 2.11. The van der Waals surface area contributed by atoms with E-state index in [1.165, 1.54) is 40.7 Å². The minimum absolute atomic E-state index is 0.544. The number of aryl methyl sites for hydroxylation is 2. The van der Waals surface area contributed by atoms with Crippen LogP contribution in [0.25, 0.3) is 5.57 Å². The van der Waals surface area contributed by atoms with E-state index in [2.05, 4.69) is 65.5 Å². The summed E-state index contributed by atoms with van der Waals surface area (Å²) in [5, 5.41) is 0.847. The molecule has 0 fully saturated rings. The van der Waals surface area contributed by atoms with Gasteiger partial charge < -0.3 is 0 Å². The first-order valence-electron chi connectivity index (χ1n) is 10.8. The van der Waals surface area contributed by atoms with E-state index in [0.29, 0.717) is 5.92 Å². The van der Waals surface area contributed by atoms with Crippen LogP contribution < -0.4 is 0 Å². The van der Waals surface area contributed by atoms with E-state index < -0.39 is 0 Å². The maximum Gasteiger partial charge on any atom is 0.0444 e. The summed E-state index contributed by atoms with van der Waals surface area (Å²) in [5.74, 6) is 0.544. The number of unbranched alkanes of at least 4 members (excludes halogenated alkanes) is 1. The lowest BCUT2D eigenvalue weighted by Gasteiger charge is -2.16. The third kappa shape index (κ3) is 8.65. The van der Waals surface area contributed by atoms with E-state index in [0.717, 1.165) is 23.4 Å². The lowest BCUT2D eigenvalue weighted by molar-refractivity contribution is 0.827. The molecule has 0 aliphatic heterocycles. The monoisotopic (exact) mass is 400 g/mol. The van der Waals surface area contributed by atoms with Crippen molar-refractivity contribution in [3.05, 3.63) is 75.8 Å². The van der Waals surface area contributed by atoms with Crippen LogP contribution in [0.4, 0.5) is 0 Å². The summed E-state index contributed by atoms with van der Waals surface area (Å²) in [6.07, 6.45) is 4.60. The second-order valence-electron chi connectivity index (χ2n) is 7.40. The maximum absolute atomic E-state index is 6.43. The van der Waals surface area contributed by atoms with Crippen molar-refractivity contribution < 1.29 is 0 Å². The maximum atomic E-state index is 6.43. The Kier molecular flexibility index (Phi) is 13.7. The van der Waals surface area contributed by atoms with Crippen LogP contribution >= 0.6 is 11.6 Å². The molecule has 0 aliphatic carbocycles. The van der Waals surface area contributed by atoms with Gasteiger partial charge in [0.25, 0.3) is 0 Å². The molecule has 156 valence electrons. The van der Waals surface area contributed by atoms with E-state index in [1.54, 1.807) is 0 Å². The number of halogens is 1. The summed E-state index contributed by atoms with van der Waals surface area (Å²) < 4.78 is 0. The number of benzene rings is 2. The van der Waals surface area contributed by atoms with Gasteiger partial charge in [0.05, 0.1) is 0 Å². The molecule has 0 bridgehead atoms. The zero-order valence-electron chi connectivity index (χ0n) is 19.5. The molecule has 0 amide bonds. The van der Waals surface area contributed by atoms with E-state index in [4.69, 9.17) is 11.6 Å². The molecule has 0 nitrogen and oxygen atoms in total. The van der Waals surface area contributed by atoms with Crippen LogP contribution in [-0.4, -0.2) is 0 Å². The number of allylic oxidation sites excluding steroid dienone is 1. The van der Waals surface area contributed by atoms with E-state index in [1.807, 2.05) is 32.9 Å². The predicted octanol–water partition coefficient (Wildman–Crippen LogP) is 9.42. The molecule has 1 heteroatoms.